The molecule has 7 heteroatoms. The number of hydrogen-bond acceptors (Lipinski definition) is 2. The highest BCUT2D eigenvalue weighted by atomic mass is 19.4. The third-order valence-corrected chi connectivity index (χ3v) is 4.17. The summed E-state index contributed by atoms with van der Waals surface area (Å²) >= 11 is 0. The molecule has 0 spiro atoms. The van der Waals surface area contributed by atoms with Crippen molar-refractivity contribution in [3.63, 3.8) is 0 Å². The van der Waals surface area contributed by atoms with E-state index in [9.17, 15) is 22.8 Å². The average molecular weight is 342 g/mol. The largest absolute Gasteiger partial charge is 0.405 e. The Hall–Kier alpha value is -2.05. The number of benzene rings is 1. The minimum Gasteiger partial charge on any atom is -0.343 e. The normalized spacial score (nSPS) is 15.3. The van der Waals surface area contributed by atoms with Gasteiger partial charge in [-0.25, -0.2) is 0 Å². The Bertz CT molecular complexity index is 578. The van der Waals surface area contributed by atoms with Crippen molar-refractivity contribution < 1.29 is 22.8 Å². The lowest BCUT2D eigenvalue weighted by atomic mass is 10.1. The summed E-state index contributed by atoms with van der Waals surface area (Å²) in [5, 5.41) is 1.83. The molecule has 1 N–H and O–H groups in total. The summed E-state index contributed by atoms with van der Waals surface area (Å²) in [6, 6.07) is 6.24. The van der Waals surface area contributed by atoms with Crippen LogP contribution in [0.2, 0.25) is 0 Å². The van der Waals surface area contributed by atoms with Crippen molar-refractivity contribution in [1.29, 1.82) is 0 Å². The molecule has 24 heavy (non-hydrogen) atoms. The van der Waals surface area contributed by atoms with Gasteiger partial charge >= 0.3 is 6.18 Å². The van der Waals surface area contributed by atoms with Crippen LogP contribution >= 0.6 is 0 Å². The van der Waals surface area contributed by atoms with Crippen LogP contribution in [0.25, 0.3) is 0 Å². The van der Waals surface area contributed by atoms with E-state index < -0.39 is 18.6 Å². The smallest absolute Gasteiger partial charge is 0.343 e. The minimum absolute atomic E-state index is 0.0995. The number of hydrogen-bond donors (Lipinski definition) is 1. The molecule has 0 bridgehead atoms. The zero-order chi connectivity index (χ0) is 17.7. The van der Waals surface area contributed by atoms with E-state index in [0.29, 0.717) is 6.54 Å². The minimum atomic E-state index is -4.43. The van der Waals surface area contributed by atoms with Gasteiger partial charge in [0.1, 0.15) is 6.54 Å². The molecule has 0 radical (unpaired) electrons. The number of nitrogens with zero attached hydrogens (tertiary/aromatic N) is 1. The van der Waals surface area contributed by atoms with E-state index in [0.717, 1.165) is 31.2 Å². The van der Waals surface area contributed by atoms with Crippen molar-refractivity contribution in [2.75, 3.05) is 13.6 Å². The summed E-state index contributed by atoms with van der Waals surface area (Å²) in [5.41, 5.74) is 0.990. The number of carbonyl (C=O) groups excluding carboxylic acids is 2. The molecule has 1 aromatic carbocycles. The summed E-state index contributed by atoms with van der Waals surface area (Å²) in [4.78, 5) is 25.6. The first-order valence-corrected chi connectivity index (χ1v) is 7.95. The first-order valence-electron chi connectivity index (χ1n) is 7.95. The van der Waals surface area contributed by atoms with Crippen LogP contribution in [-0.4, -0.2) is 36.5 Å². The van der Waals surface area contributed by atoms with Gasteiger partial charge in [0.05, 0.1) is 0 Å². The Morgan fingerprint density at radius 3 is 2.29 bits per heavy atom. The second-order valence-electron chi connectivity index (χ2n) is 6.17. The number of nitrogens with one attached hydrogen (secondary N) is 1. The fraction of sp³-hybridized carbons (Fsp3) is 0.529. The standard InChI is InChI=1S/C17H21F3N2O2/c1-22(16(24)14-4-2-3-5-14)10-12-6-8-13(9-7-12)15(23)21-11-17(18,19)20/h6-9,14H,2-5,10-11H2,1H3,(H,21,23). The van der Waals surface area contributed by atoms with Gasteiger partial charge < -0.3 is 10.2 Å². The molecular formula is C17H21F3N2O2. The van der Waals surface area contributed by atoms with Crippen LogP contribution in [0.4, 0.5) is 13.2 Å². The number of amides is 2. The van der Waals surface area contributed by atoms with Crippen LogP contribution in [0.15, 0.2) is 24.3 Å². The maximum absolute atomic E-state index is 12.3. The van der Waals surface area contributed by atoms with Gasteiger partial charge in [0.15, 0.2) is 0 Å². The summed E-state index contributed by atoms with van der Waals surface area (Å²) < 4.78 is 36.3. The van der Waals surface area contributed by atoms with Crippen LogP contribution in [0, 0.1) is 5.92 Å². The Morgan fingerprint density at radius 1 is 1.17 bits per heavy atom. The zero-order valence-electron chi connectivity index (χ0n) is 13.5. The predicted molar refractivity (Wildman–Crippen MR) is 83.3 cm³/mol. The Labute approximate surface area is 139 Å². The second kappa shape index (κ2) is 7.68. The van der Waals surface area contributed by atoms with E-state index in [1.165, 1.54) is 12.1 Å². The van der Waals surface area contributed by atoms with Gasteiger partial charge in [0.2, 0.25) is 5.91 Å². The zero-order valence-corrected chi connectivity index (χ0v) is 13.5. The number of rotatable bonds is 5. The molecule has 1 saturated carbocycles. The lowest BCUT2D eigenvalue weighted by Crippen LogP contribution is -2.33. The first kappa shape index (κ1) is 18.3. The molecule has 0 unspecified atom stereocenters. The number of carbonyl (C=O) groups is 2. The molecule has 4 nitrogen and oxygen atoms in total. The van der Waals surface area contributed by atoms with Crippen LogP contribution in [-0.2, 0) is 11.3 Å². The maximum atomic E-state index is 12.3. The molecule has 0 heterocycles. The fourth-order valence-corrected chi connectivity index (χ4v) is 2.88. The van der Waals surface area contributed by atoms with E-state index in [1.807, 2.05) is 5.32 Å². The van der Waals surface area contributed by atoms with E-state index in [1.54, 1.807) is 24.1 Å². The quantitative estimate of drug-likeness (QED) is 0.894. The van der Waals surface area contributed by atoms with Crippen molar-refractivity contribution in [3.8, 4) is 0 Å². The third kappa shape index (κ3) is 5.25. The number of halogens is 3. The molecule has 1 aliphatic carbocycles. The highest BCUT2D eigenvalue weighted by Gasteiger charge is 2.28. The van der Waals surface area contributed by atoms with Crippen molar-refractivity contribution in [3.05, 3.63) is 35.4 Å². The van der Waals surface area contributed by atoms with E-state index in [4.69, 9.17) is 0 Å². The first-order chi connectivity index (χ1) is 11.3. The molecule has 0 atom stereocenters. The van der Waals surface area contributed by atoms with Gasteiger partial charge in [-0.2, -0.15) is 13.2 Å². The Balaban J connectivity index is 1.89. The van der Waals surface area contributed by atoms with Gasteiger partial charge in [-0.05, 0) is 30.5 Å². The molecular weight excluding hydrogens is 321 g/mol. The topological polar surface area (TPSA) is 49.4 Å². The molecule has 132 valence electrons. The molecule has 2 rings (SSSR count). The highest BCUT2D eigenvalue weighted by molar-refractivity contribution is 5.94. The van der Waals surface area contributed by atoms with Crippen LogP contribution in [0.5, 0.6) is 0 Å². The van der Waals surface area contributed by atoms with Crippen molar-refractivity contribution in [2.24, 2.45) is 5.92 Å². The Morgan fingerprint density at radius 2 is 1.75 bits per heavy atom. The van der Waals surface area contributed by atoms with Gasteiger partial charge in [0, 0.05) is 25.1 Å². The third-order valence-electron chi connectivity index (χ3n) is 4.17. The van der Waals surface area contributed by atoms with Gasteiger partial charge in [-0.1, -0.05) is 25.0 Å². The summed E-state index contributed by atoms with van der Waals surface area (Å²) in [7, 11) is 1.74. The molecule has 0 saturated heterocycles. The lowest BCUT2D eigenvalue weighted by molar-refractivity contribution is -0.134. The summed E-state index contributed by atoms with van der Waals surface area (Å²) in [6.07, 6.45) is -0.389. The predicted octanol–water partition coefficient (Wildman–Crippen LogP) is 3.13. The van der Waals surface area contributed by atoms with Crippen LogP contribution in [0.3, 0.4) is 0 Å². The summed E-state index contributed by atoms with van der Waals surface area (Å²) in [5.74, 6) is -0.545. The number of alkyl halides is 3. The van der Waals surface area contributed by atoms with E-state index >= 15 is 0 Å². The summed E-state index contributed by atoms with van der Waals surface area (Å²) in [6.45, 7) is -0.938. The SMILES string of the molecule is CN(Cc1ccc(C(=O)NCC(F)(F)F)cc1)C(=O)C1CCCC1. The van der Waals surface area contributed by atoms with Gasteiger partial charge in [-0.3, -0.25) is 9.59 Å². The fourth-order valence-electron chi connectivity index (χ4n) is 2.88. The van der Waals surface area contributed by atoms with E-state index in [2.05, 4.69) is 0 Å². The van der Waals surface area contributed by atoms with Crippen LogP contribution < -0.4 is 5.32 Å². The highest BCUT2D eigenvalue weighted by Crippen LogP contribution is 2.26. The average Bonchev–Trinajstić information content (AvgIpc) is 3.06. The van der Waals surface area contributed by atoms with Gasteiger partial charge in [0.25, 0.3) is 5.91 Å². The maximum Gasteiger partial charge on any atom is 0.405 e. The molecule has 2 amide bonds. The molecule has 1 aromatic rings. The molecule has 0 aromatic heterocycles. The monoisotopic (exact) mass is 342 g/mol. The van der Waals surface area contributed by atoms with Crippen molar-refractivity contribution in [2.45, 2.75) is 38.4 Å². The van der Waals surface area contributed by atoms with E-state index in [-0.39, 0.29) is 17.4 Å². The van der Waals surface area contributed by atoms with Gasteiger partial charge in [-0.15, -0.1) is 0 Å². The second-order valence-corrected chi connectivity index (χ2v) is 6.17. The Kier molecular flexibility index (Phi) is 5.85. The molecule has 1 aliphatic rings. The molecule has 1 fully saturated rings. The van der Waals surface area contributed by atoms with Crippen LogP contribution in [0.1, 0.15) is 41.6 Å². The van der Waals surface area contributed by atoms with Crippen molar-refractivity contribution >= 4 is 11.8 Å². The lowest BCUT2D eigenvalue weighted by Gasteiger charge is -2.21. The molecule has 0 aliphatic heterocycles. The van der Waals surface area contributed by atoms with Crippen molar-refractivity contribution in [1.82, 2.24) is 10.2 Å².